The van der Waals surface area contributed by atoms with E-state index in [2.05, 4.69) is 10.2 Å². The minimum Gasteiger partial charge on any atom is -0.481 e. The molecule has 2 rings (SSSR count). The molecule has 1 aliphatic rings. The summed E-state index contributed by atoms with van der Waals surface area (Å²) in [6.07, 6.45) is 2.35. The molecule has 0 bridgehead atoms. The maximum atomic E-state index is 10.6. The summed E-state index contributed by atoms with van der Waals surface area (Å²) < 4.78 is 1.90. The van der Waals surface area contributed by atoms with Crippen LogP contribution in [-0.4, -0.2) is 25.8 Å². The standard InChI is InChI=1S/C8H11N3O2.ClH/c1-2-11-4-9-10-7(11)5-3-6(5)8(12)13;/h4-6H,2-3H2,1H3,(H,12,13);1H. The van der Waals surface area contributed by atoms with Gasteiger partial charge in [-0.3, -0.25) is 4.79 Å². The highest BCUT2D eigenvalue weighted by atomic mass is 35.5. The highest BCUT2D eigenvalue weighted by Gasteiger charge is 2.47. The molecule has 6 heteroatoms. The molecule has 1 fully saturated rings. The van der Waals surface area contributed by atoms with Crippen LogP contribution in [0.25, 0.3) is 0 Å². The van der Waals surface area contributed by atoms with Crippen LogP contribution < -0.4 is 0 Å². The summed E-state index contributed by atoms with van der Waals surface area (Å²) in [6, 6.07) is 0. The molecular weight excluding hydrogens is 206 g/mol. The molecule has 14 heavy (non-hydrogen) atoms. The summed E-state index contributed by atoms with van der Waals surface area (Å²) in [5.74, 6) is -0.0694. The first kappa shape index (κ1) is 11.0. The summed E-state index contributed by atoms with van der Waals surface area (Å²) in [5.41, 5.74) is 0. The zero-order valence-electron chi connectivity index (χ0n) is 7.75. The lowest BCUT2D eigenvalue weighted by molar-refractivity contribution is -0.138. The predicted octanol–water partition coefficient (Wildman–Crippen LogP) is 0.908. The molecular formula is C8H12ClN3O2. The quantitative estimate of drug-likeness (QED) is 0.817. The fourth-order valence-corrected chi connectivity index (χ4v) is 1.55. The Morgan fingerprint density at radius 3 is 3.00 bits per heavy atom. The van der Waals surface area contributed by atoms with Crippen LogP contribution in [0, 0.1) is 5.92 Å². The Balaban J connectivity index is 0.000000980. The smallest absolute Gasteiger partial charge is 0.307 e. The molecule has 0 radical (unpaired) electrons. The molecule has 0 aromatic carbocycles. The van der Waals surface area contributed by atoms with Crippen LogP contribution in [0.5, 0.6) is 0 Å². The van der Waals surface area contributed by atoms with Crippen molar-refractivity contribution in [2.24, 2.45) is 5.92 Å². The van der Waals surface area contributed by atoms with E-state index in [0.29, 0.717) is 6.42 Å². The number of hydrogen-bond donors (Lipinski definition) is 1. The first-order valence-electron chi connectivity index (χ1n) is 4.34. The van der Waals surface area contributed by atoms with E-state index in [4.69, 9.17) is 5.11 Å². The average Bonchev–Trinajstić information content (AvgIpc) is 2.77. The van der Waals surface area contributed by atoms with Gasteiger partial charge in [0.05, 0.1) is 5.92 Å². The summed E-state index contributed by atoms with van der Waals surface area (Å²) in [4.78, 5) is 10.6. The van der Waals surface area contributed by atoms with Crippen LogP contribution in [0.4, 0.5) is 0 Å². The van der Waals surface area contributed by atoms with Crippen molar-refractivity contribution >= 4 is 18.4 Å². The van der Waals surface area contributed by atoms with Gasteiger partial charge in [-0.05, 0) is 13.3 Å². The molecule has 0 spiro atoms. The molecule has 0 saturated heterocycles. The second-order valence-electron chi connectivity index (χ2n) is 3.26. The van der Waals surface area contributed by atoms with Crippen LogP contribution in [-0.2, 0) is 11.3 Å². The van der Waals surface area contributed by atoms with Crippen molar-refractivity contribution < 1.29 is 9.90 Å². The lowest BCUT2D eigenvalue weighted by Gasteiger charge is -1.99. The van der Waals surface area contributed by atoms with E-state index in [-0.39, 0.29) is 24.2 Å². The number of nitrogens with zero attached hydrogens (tertiary/aromatic N) is 3. The van der Waals surface area contributed by atoms with E-state index in [1.807, 2.05) is 11.5 Å². The van der Waals surface area contributed by atoms with Crippen molar-refractivity contribution in [3.8, 4) is 0 Å². The number of aryl methyl sites for hydroxylation is 1. The lowest BCUT2D eigenvalue weighted by Crippen LogP contribution is -2.04. The average molecular weight is 218 g/mol. The van der Waals surface area contributed by atoms with Crippen molar-refractivity contribution in [2.75, 3.05) is 0 Å². The number of aliphatic carboxylic acids is 1. The number of carbonyl (C=O) groups is 1. The van der Waals surface area contributed by atoms with Crippen molar-refractivity contribution in [3.05, 3.63) is 12.2 Å². The van der Waals surface area contributed by atoms with Gasteiger partial charge < -0.3 is 9.67 Å². The van der Waals surface area contributed by atoms with E-state index >= 15 is 0 Å². The highest BCUT2D eigenvalue weighted by molar-refractivity contribution is 5.85. The minimum absolute atomic E-state index is 0. The summed E-state index contributed by atoms with van der Waals surface area (Å²) in [6.45, 7) is 2.79. The van der Waals surface area contributed by atoms with Crippen molar-refractivity contribution in [3.63, 3.8) is 0 Å². The lowest BCUT2D eigenvalue weighted by atomic mass is 10.3. The number of halogens is 1. The van der Waals surface area contributed by atoms with Gasteiger partial charge in [0.2, 0.25) is 0 Å². The largest absolute Gasteiger partial charge is 0.481 e. The second-order valence-corrected chi connectivity index (χ2v) is 3.26. The van der Waals surface area contributed by atoms with Gasteiger partial charge in [0.1, 0.15) is 12.2 Å². The molecule has 1 N–H and O–H groups in total. The fraction of sp³-hybridized carbons (Fsp3) is 0.625. The molecule has 1 aromatic heterocycles. The maximum absolute atomic E-state index is 10.6. The summed E-state index contributed by atoms with van der Waals surface area (Å²) >= 11 is 0. The molecule has 5 nitrogen and oxygen atoms in total. The number of aromatic nitrogens is 3. The first-order valence-corrected chi connectivity index (χ1v) is 4.34. The van der Waals surface area contributed by atoms with Gasteiger partial charge >= 0.3 is 5.97 Å². The van der Waals surface area contributed by atoms with E-state index in [0.717, 1.165) is 12.4 Å². The van der Waals surface area contributed by atoms with Gasteiger partial charge in [-0.25, -0.2) is 0 Å². The zero-order chi connectivity index (χ0) is 9.42. The van der Waals surface area contributed by atoms with Gasteiger partial charge in [-0.15, -0.1) is 22.6 Å². The Hall–Kier alpha value is -1.10. The third-order valence-corrected chi connectivity index (χ3v) is 2.43. The Labute approximate surface area is 87.6 Å². The Morgan fingerprint density at radius 1 is 1.79 bits per heavy atom. The summed E-state index contributed by atoms with van der Waals surface area (Å²) in [5, 5.41) is 16.4. The zero-order valence-corrected chi connectivity index (χ0v) is 8.57. The van der Waals surface area contributed by atoms with Crippen molar-refractivity contribution in [2.45, 2.75) is 25.8 Å². The topological polar surface area (TPSA) is 68.0 Å². The third-order valence-electron chi connectivity index (χ3n) is 2.43. The molecule has 2 unspecified atom stereocenters. The monoisotopic (exact) mass is 217 g/mol. The molecule has 1 heterocycles. The van der Waals surface area contributed by atoms with Crippen molar-refractivity contribution in [1.29, 1.82) is 0 Å². The highest BCUT2D eigenvalue weighted by Crippen LogP contribution is 2.46. The summed E-state index contributed by atoms with van der Waals surface area (Å²) in [7, 11) is 0. The van der Waals surface area contributed by atoms with Crippen LogP contribution in [0.15, 0.2) is 6.33 Å². The third kappa shape index (κ3) is 1.72. The van der Waals surface area contributed by atoms with Crippen LogP contribution in [0.3, 0.4) is 0 Å². The molecule has 0 aliphatic heterocycles. The predicted molar refractivity (Wildman–Crippen MR) is 51.4 cm³/mol. The molecule has 1 aromatic rings. The number of carboxylic acids is 1. The molecule has 0 amide bonds. The normalized spacial score (nSPS) is 24.1. The maximum Gasteiger partial charge on any atom is 0.307 e. The molecule has 78 valence electrons. The van der Waals surface area contributed by atoms with Gasteiger partial charge in [-0.2, -0.15) is 0 Å². The van der Waals surface area contributed by atoms with E-state index in [9.17, 15) is 4.79 Å². The fourth-order valence-electron chi connectivity index (χ4n) is 1.55. The van der Waals surface area contributed by atoms with Crippen LogP contribution in [0.1, 0.15) is 25.1 Å². The number of hydrogen-bond acceptors (Lipinski definition) is 3. The Bertz CT molecular complexity index is 339. The Kier molecular flexibility index (Phi) is 3.10. The SMILES string of the molecule is CCn1cnnc1C1CC1C(=O)O.Cl. The van der Waals surface area contributed by atoms with Gasteiger partial charge in [0, 0.05) is 12.5 Å². The van der Waals surface area contributed by atoms with Crippen LogP contribution >= 0.6 is 12.4 Å². The van der Waals surface area contributed by atoms with Crippen molar-refractivity contribution in [1.82, 2.24) is 14.8 Å². The second kappa shape index (κ2) is 3.96. The Morgan fingerprint density at radius 2 is 2.50 bits per heavy atom. The number of carboxylic acid groups (broad SMARTS) is 1. The van der Waals surface area contributed by atoms with Gasteiger partial charge in [0.15, 0.2) is 0 Å². The molecule has 1 aliphatic carbocycles. The van der Waals surface area contributed by atoms with Crippen LogP contribution in [0.2, 0.25) is 0 Å². The minimum atomic E-state index is -0.726. The van der Waals surface area contributed by atoms with E-state index < -0.39 is 5.97 Å². The van der Waals surface area contributed by atoms with E-state index in [1.165, 1.54) is 0 Å². The molecule has 2 atom stereocenters. The number of rotatable bonds is 3. The molecule has 1 saturated carbocycles. The van der Waals surface area contributed by atoms with Gasteiger partial charge in [0.25, 0.3) is 0 Å². The van der Waals surface area contributed by atoms with Gasteiger partial charge in [-0.1, -0.05) is 0 Å². The first-order chi connectivity index (χ1) is 6.24. The van der Waals surface area contributed by atoms with E-state index in [1.54, 1.807) is 6.33 Å².